The van der Waals surface area contributed by atoms with Crippen LogP contribution in [0, 0.1) is 19.3 Å². The van der Waals surface area contributed by atoms with Gasteiger partial charge in [0.25, 0.3) is 0 Å². The summed E-state index contributed by atoms with van der Waals surface area (Å²) in [5, 5.41) is 4.35. The highest BCUT2D eigenvalue weighted by Gasteiger charge is 2.25. The predicted molar refractivity (Wildman–Crippen MR) is 83.4 cm³/mol. The van der Waals surface area contributed by atoms with Gasteiger partial charge in [-0.05, 0) is 32.3 Å². The van der Waals surface area contributed by atoms with E-state index in [1.165, 1.54) is 0 Å². The maximum Gasteiger partial charge on any atom is 0.246 e. The van der Waals surface area contributed by atoms with E-state index in [0.717, 1.165) is 17.0 Å². The fourth-order valence-corrected chi connectivity index (χ4v) is 2.08. The van der Waals surface area contributed by atoms with E-state index in [0.29, 0.717) is 0 Å². The van der Waals surface area contributed by atoms with Gasteiger partial charge in [-0.15, -0.1) is 0 Å². The van der Waals surface area contributed by atoms with Crippen LogP contribution in [-0.4, -0.2) is 33.7 Å². The number of carbonyl (C=O) groups is 1. The molecule has 0 aliphatic carbocycles. The summed E-state index contributed by atoms with van der Waals surface area (Å²) in [5.74, 6) is 0.0232. The Balaban J connectivity index is 2.88. The number of likely N-dealkylation sites (N-methyl/N-ethyl adjacent to an activating group) is 1. The standard InChI is InChI=1S/C16H27N3O/c1-11-14(12(2)19(8)17-11)9-10-15(20)18(7)13(3)16(4,5)6/h9-10,13H,1-8H3. The summed E-state index contributed by atoms with van der Waals surface area (Å²) >= 11 is 0. The Morgan fingerprint density at radius 2 is 1.90 bits per heavy atom. The molecule has 20 heavy (non-hydrogen) atoms. The second kappa shape index (κ2) is 5.81. The first kappa shape index (κ1) is 16.5. The van der Waals surface area contributed by atoms with E-state index in [4.69, 9.17) is 0 Å². The van der Waals surface area contributed by atoms with Crippen LogP contribution in [0.2, 0.25) is 0 Å². The van der Waals surface area contributed by atoms with Crippen molar-refractivity contribution in [3.05, 3.63) is 23.0 Å². The molecule has 0 aliphatic heterocycles. The largest absolute Gasteiger partial charge is 0.339 e. The molecule has 1 atom stereocenters. The molecule has 0 spiro atoms. The zero-order valence-electron chi connectivity index (χ0n) is 14.0. The van der Waals surface area contributed by atoms with Gasteiger partial charge in [0.2, 0.25) is 5.91 Å². The first-order valence-corrected chi connectivity index (χ1v) is 7.00. The molecule has 0 fully saturated rings. The van der Waals surface area contributed by atoms with E-state index in [2.05, 4.69) is 32.8 Å². The van der Waals surface area contributed by atoms with Gasteiger partial charge in [0.1, 0.15) is 0 Å². The fourth-order valence-electron chi connectivity index (χ4n) is 2.08. The summed E-state index contributed by atoms with van der Waals surface area (Å²) in [6.45, 7) is 12.5. The molecular formula is C16H27N3O. The first-order chi connectivity index (χ1) is 9.05. The van der Waals surface area contributed by atoms with Crippen molar-refractivity contribution in [1.29, 1.82) is 0 Å². The average Bonchev–Trinajstić information content (AvgIpc) is 2.58. The summed E-state index contributed by atoms with van der Waals surface area (Å²) in [4.78, 5) is 14.0. The Morgan fingerprint density at radius 1 is 1.35 bits per heavy atom. The summed E-state index contributed by atoms with van der Waals surface area (Å²) in [6.07, 6.45) is 3.51. The van der Waals surface area contributed by atoms with Crippen LogP contribution in [-0.2, 0) is 11.8 Å². The number of amides is 1. The molecule has 0 N–H and O–H groups in total. The molecule has 1 heterocycles. The van der Waals surface area contributed by atoms with E-state index in [1.807, 2.05) is 38.7 Å². The van der Waals surface area contributed by atoms with Crippen LogP contribution >= 0.6 is 0 Å². The molecule has 4 heteroatoms. The lowest BCUT2D eigenvalue weighted by Gasteiger charge is -2.34. The van der Waals surface area contributed by atoms with Gasteiger partial charge in [-0.3, -0.25) is 9.48 Å². The molecule has 4 nitrogen and oxygen atoms in total. The Kier molecular flexibility index (Phi) is 4.79. The third kappa shape index (κ3) is 3.50. The highest BCUT2D eigenvalue weighted by molar-refractivity contribution is 5.92. The van der Waals surface area contributed by atoms with E-state index in [-0.39, 0.29) is 17.4 Å². The van der Waals surface area contributed by atoms with Crippen LogP contribution in [0.1, 0.15) is 44.6 Å². The summed E-state index contributed by atoms with van der Waals surface area (Å²) in [6, 6.07) is 0.177. The Labute approximate surface area is 122 Å². The van der Waals surface area contributed by atoms with Gasteiger partial charge < -0.3 is 4.90 Å². The fraction of sp³-hybridized carbons (Fsp3) is 0.625. The monoisotopic (exact) mass is 277 g/mol. The molecule has 0 aromatic carbocycles. The number of hydrogen-bond donors (Lipinski definition) is 0. The van der Waals surface area contributed by atoms with Crippen molar-refractivity contribution in [3.8, 4) is 0 Å². The number of nitrogens with zero attached hydrogens (tertiary/aromatic N) is 3. The van der Waals surface area contributed by atoms with Gasteiger partial charge in [0.05, 0.1) is 5.69 Å². The van der Waals surface area contributed by atoms with Gasteiger partial charge in [-0.25, -0.2) is 0 Å². The SMILES string of the molecule is Cc1nn(C)c(C)c1C=CC(=O)N(C)C(C)C(C)(C)C. The maximum atomic E-state index is 12.2. The molecule has 1 rings (SSSR count). The number of hydrogen-bond acceptors (Lipinski definition) is 2. The van der Waals surface area contributed by atoms with E-state index in [1.54, 1.807) is 11.0 Å². The summed E-state index contributed by atoms with van der Waals surface area (Å²) in [7, 11) is 3.76. The molecule has 0 aliphatic rings. The molecule has 1 unspecified atom stereocenters. The minimum Gasteiger partial charge on any atom is -0.339 e. The molecule has 0 saturated carbocycles. The second-order valence-electron chi connectivity index (χ2n) is 6.53. The Bertz CT molecular complexity index is 521. The van der Waals surface area contributed by atoms with Crippen molar-refractivity contribution in [3.63, 3.8) is 0 Å². The molecule has 1 amide bonds. The quantitative estimate of drug-likeness (QED) is 0.797. The predicted octanol–water partition coefficient (Wildman–Crippen LogP) is 2.94. The third-order valence-corrected chi connectivity index (χ3v) is 4.14. The molecule has 0 radical (unpaired) electrons. The van der Waals surface area contributed by atoms with Gasteiger partial charge in [-0.2, -0.15) is 5.10 Å². The van der Waals surface area contributed by atoms with Gasteiger partial charge in [0.15, 0.2) is 0 Å². The van der Waals surface area contributed by atoms with Crippen molar-refractivity contribution in [2.24, 2.45) is 12.5 Å². The van der Waals surface area contributed by atoms with Crippen molar-refractivity contribution in [2.75, 3.05) is 7.05 Å². The smallest absolute Gasteiger partial charge is 0.246 e. The van der Waals surface area contributed by atoms with E-state index in [9.17, 15) is 4.79 Å². The van der Waals surface area contributed by atoms with E-state index < -0.39 is 0 Å². The zero-order valence-corrected chi connectivity index (χ0v) is 14.0. The van der Waals surface area contributed by atoms with Crippen molar-refractivity contribution < 1.29 is 4.79 Å². The first-order valence-electron chi connectivity index (χ1n) is 7.00. The molecule has 0 bridgehead atoms. The van der Waals surface area contributed by atoms with Crippen molar-refractivity contribution >= 4 is 12.0 Å². The third-order valence-electron chi connectivity index (χ3n) is 4.14. The Hall–Kier alpha value is -1.58. The lowest BCUT2D eigenvalue weighted by atomic mass is 9.87. The van der Waals surface area contributed by atoms with Crippen LogP contribution < -0.4 is 0 Å². The second-order valence-corrected chi connectivity index (χ2v) is 6.53. The average molecular weight is 277 g/mol. The molecule has 0 saturated heterocycles. The van der Waals surface area contributed by atoms with Gasteiger partial charge >= 0.3 is 0 Å². The van der Waals surface area contributed by atoms with Crippen LogP contribution in [0.3, 0.4) is 0 Å². The zero-order chi connectivity index (χ0) is 15.7. The Morgan fingerprint density at radius 3 is 2.30 bits per heavy atom. The summed E-state index contributed by atoms with van der Waals surface area (Å²) in [5.41, 5.74) is 3.11. The number of aromatic nitrogens is 2. The molecule has 112 valence electrons. The van der Waals surface area contributed by atoms with E-state index >= 15 is 0 Å². The van der Waals surface area contributed by atoms with Crippen LogP contribution in [0.4, 0.5) is 0 Å². The maximum absolute atomic E-state index is 12.2. The normalized spacial score (nSPS) is 13.8. The lowest BCUT2D eigenvalue weighted by Crippen LogP contribution is -2.42. The molecule has 1 aromatic rings. The minimum absolute atomic E-state index is 0.0232. The highest BCUT2D eigenvalue weighted by atomic mass is 16.2. The lowest BCUT2D eigenvalue weighted by molar-refractivity contribution is -0.128. The number of aryl methyl sites for hydroxylation is 2. The van der Waals surface area contributed by atoms with Crippen molar-refractivity contribution in [1.82, 2.24) is 14.7 Å². The molecule has 1 aromatic heterocycles. The topological polar surface area (TPSA) is 38.1 Å². The number of carbonyl (C=O) groups excluding carboxylic acids is 1. The van der Waals surface area contributed by atoms with Gasteiger partial charge in [-0.1, -0.05) is 20.8 Å². The van der Waals surface area contributed by atoms with Gasteiger partial charge in [0, 0.05) is 37.5 Å². The van der Waals surface area contributed by atoms with Crippen LogP contribution in [0.25, 0.3) is 6.08 Å². The number of rotatable bonds is 3. The molecular weight excluding hydrogens is 250 g/mol. The highest BCUT2D eigenvalue weighted by Crippen LogP contribution is 2.23. The van der Waals surface area contributed by atoms with Crippen LogP contribution in [0.15, 0.2) is 6.08 Å². The van der Waals surface area contributed by atoms with Crippen molar-refractivity contribution in [2.45, 2.75) is 47.6 Å². The summed E-state index contributed by atoms with van der Waals surface area (Å²) < 4.78 is 1.83. The minimum atomic E-state index is 0.0232. The van der Waals surface area contributed by atoms with Crippen LogP contribution in [0.5, 0.6) is 0 Å².